The van der Waals surface area contributed by atoms with Crippen molar-refractivity contribution in [3.8, 4) is 11.6 Å². The molecule has 19 heavy (non-hydrogen) atoms. The number of aryl methyl sites for hydroxylation is 1. The summed E-state index contributed by atoms with van der Waals surface area (Å²) in [7, 11) is 1.73. The van der Waals surface area contributed by atoms with Crippen LogP contribution in [-0.2, 0) is 0 Å². The number of nitrogens with one attached hydrogen (secondary N) is 1. The quantitative estimate of drug-likeness (QED) is 0.842. The Hall–Kier alpha value is -1.23. The molecule has 1 N–H and O–H groups in total. The van der Waals surface area contributed by atoms with Crippen molar-refractivity contribution in [3.05, 3.63) is 39.0 Å². The third kappa shape index (κ3) is 3.41. The average molecular weight is 319 g/mol. The van der Waals surface area contributed by atoms with E-state index in [1.165, 1.54) is 6.07 Å². The molecule has 0 atom stereocenters. The molecule has 100 valence electrons. The van der Waals surface area contributed by atoms with Gasteiger partial charge in [-0.2, -0.15) is 4.98 Å². The molecule has 2 rings (SSSR count). The molecule has 0 bridgehead atoms. The SMILES string of the molecule is CNc1nc(C)cc(Oc2cc(Cl)c(Cl)cc2Cl)n1. The van der Waals surface area contributed by atoms with E-state index in [4.69, 9.17) is 39.5 Å². The van der Waals surface area contributed by atoms with Gasteiger partial charge in [-0.3, -0.25) is 0 Å². The maximum absolute atomic E-state index is 6.04. The molecule has 0 aliphatic carbocycles. The van der Waals surface area contributed by atoms with Crippen LogP contribution >= 0.6 is 34.8 Å². The summed E-state index contributed by atoms with van der Waals surface area (Å²) in [6.07, 6.45) is 0. The van der Waals surface area contributed by atoms with E-state index in [1.807, 2.05) is 6.92 Å². The highest BCUT2D eigenvalue weighted by Gasteiger charge is 2.10. The number of hydrogen-bond donors (Lipinski definition) is 1. The van der Waals surface area contributed by atoms with Crippen LogP contribution in [0.4, 0.5) is 5.95 Å². The normalized spacial score (nSPS) is 10.4. The second kappa shape index (κ2) is 5.82. The van der Waals surface area contributed by atoms with Crippen molar-refractivity contribution in [2.75, 3.05) is 12.4 Å². The average Bonchev–Trinajstić information content (AvgIpc) is 2.35. The van der Waals surface area contributed by atoms with Gasteiger partial charge in [0, 0.05) is 24.9 Å². The van der Waals surface area contributed by atoms with E-state index < -0.39 is 0 Å². The Labute approximate surface area is 125 Å². The molecular formula is C12H10Cl3N3O. The number of ether oxygens (including phenoxy) is 1. The molecule has 4 nitrogen and oxygen atoms in total. The standard InChI is InChI=1S/C12H10Cl3N3O/c1-6-3-11(18-12(16-2)17-6)19-10-5-8(14)7(13)4-9(10)15/h3-5H,1-2H3,(H,16,17,18). The summed E-state index contributed by atoms with van der Waals surface area (Å²) in [5.41, 5.74) is 0.769. The molecule has 0 aliphatic rings. The predicted molar refractivity (Wildman–Crippen MR) is 77.9 cm³/mol. The molecule has 1 aromatic heterocycles. The number of rotatable bonds is 3. The third-order valence-electron chi connectivity index (χ3n) is 2.24. The minimum absolute atomic E-state index is 0.358. The Morgan fingerprint density at radius 2 is 1.68 bits per heavy atom. The van der Waals surface area contributed by atoms with E-state index in [-0.39, 0.29) is 0 Å². The molecule has 0 spiro atoms. The lowest BCUT2D eigenvalue weighted by molar-refractivity contribution is 0.462. The molecule has 0 fully saturated rings. The van der Waals surface area contributed by atoms with E-state index in [0.29, 0.717) is 32.6 Å². The van der Waals surface area contributed by atoms with Crippen LogP contribution in [0.5, 0.6) is 11.6 Å². The first-order chi connectivity index (χ1) is 8.99. The van der Waals surface area contributed by atoms with Crippen molar-refractivity contribution in [2.24, 2.45) is 0 Å². The van der Waals surface area contributed by atoms with Crippen LogP contribution in [-0.4, -0.2) is 17.0 Å². The number of nitrogens with zero attached hydrogens (tertiary/aromatic N) is 2. The molecule has 0 radical (unpaired) electrons. The van der Waals surface area contributed by atoms with Crippen molar-refractivity contribution in [2.45, 2.75) is 6.92 Å². The van der Waals surface area contributed by atoms with Crippen LogP contribution in [0.1, 0.15) is 5.69 Å². The second-order valence-electron chi connectivity index (χ2n) is 3.72. The van der Waals surface area contributed by atoms with Crippen LogP contribution in [0.25, 0.3) is 0 Å². The Morgan fingerprint density at radius 1 is 1.00 bits per heavy atom. The zero-order chi connectivity index (χ0) is 14.0. The first kappa shape index (κ1) is 14.2. The van der Waals surface area contributed by atoms with E-state index in [1.54, 1.807) is 19.2 Å². The summed E-state index contributed by atoms with van der Waals surface area (Å²) >= 11 is 17.8. The molecule has 0 aliphatic heterocycles. The smallest absolute Gasteiger partial charge is 0.225 e. The monoisotopic (exact) mass is 317 g/mol. The maximum atomic E-state index is 6.04. The first-order valence-corrected chi connectivity index (χ1v) is 6.49. The molecule has 0 saturated heterocycles. The van der Waals surface area contributed by atoms with Gasteiger partial charge in [-0.25, -0.2) is 4.98 Å². The minimum atomic E-state index is 0.358. The predicted octanol–water partition coefficient (Wildman–Crippen LogP) is 4.58. The van der Waals surface area contributed by atoms with Crippen LogP contribution < -0.4 is 10.1 Å². The van der Waals surface area contributed by atoms with Gasteiger partial charge in [0.1, 0.15) is 5.75 Å². The Morgan fingerprint density at radius 3 is 2.37 bits per heavy atom. The molecule has 7 heteroatoms. The fourth-order valence-electron chi connectivity index (χ4n) is 1.40. The number of anilines is 1. The highest BCUT2D eigenvalue weighted by Crippen LogP contribution is 2.36. The van der Waals surface area contributed by atoms with Gasteiger partial charge in [0.05, 0.1) is 15.1 Å². The molecule has 1 aromatic carbocycles. The summed E-state index contributed by atoms with van der Waals surface area (Å²) in [6.45, 7) is 1.84. The fraction of sp³-hybridized carbons (Fsp3) is 0.167. The minimum Gasteiger partial charge on any atom is -0.437 e. The van der Waals surface area contributed by atoms with Gasteiger partial charge in [-0.1, -0.05) is 34.8 Å². The van der Waals surface area contributed by atoms with E-state index in [2.05, 4.69) is 15.3 Å². The molecular weight excluding hydrogens is 309 g/mol. The molecule has 0 amide bonds. The van der Waals surface area contributed by atoms with Crippen molar-refractivity contribution in [1.29, 1.82) is 0 Å². The van der Waals surface area contributed by atoms with E-state index >= 15 is 0 Å². The van der Waals surface area contributed by atoms with Gasteiger partial charge in [-0.05, 0) is 13.0 Å². The van der Waals surface area contributed by atoms with Gasteiger partial charge in [-0.15, -0.1) is 0 Å². The van der Waals surface area contributed by atoms with Gasteiger partial charge >= 0.3 is 0 Å². The summed E-state index contributed by atoms with van der Waals surface area (Å²) in [4.78, 5) is 8.33. The molecule has 1 heterocycles. The van der Waals surface area contributed by atoms with Crippen molar-refractivity contribution >= 4 is 40.8 Å². The Balaban J connectivity index is 2.36. The van der Waals surface area contributed by atoms with Crippen molar-refractivity contribution in [1.82, 2.24) is 9.97 Å². The zero-order valence-electron chi connectivity index (χ0n) is 10.2. The van der Waals surface area contributed by atoms with Crippen LogP contribution in [0, 0.1) is 6.92 Å². The van der Waals surface area contributed by atoms with E-state index in [9.17, 15) is 0 Å². The molecule has 0 saturated carbocycles. The van der Waals surface area contributed by atoms with Crippen molar-refractivity contribution in [3.63, 3.8) is 0 Å². The summed E-state index contributed by atoms with van der Waals surface area (Å²) in [5.74, 6) is 1.22. The van der Waals surface area contributed by atoms with Crippen LogP contribution in [0.2, 0.25) is 15.1 Å². The third-order valence-corrected chi connectivity index (χ3v) is 3.26. The van der Waals surface area contributed by atoms with Gasteiger partial charge in [0.15, 0.2) is 0 Å². The van der Waals surface area contributed by atoms with Gasteiger partial charge in [0.25, 0.3) is 0 Å². The highest BCUT2D eigenvalue weighted by atomic mass is 35.5. The topological polar surface area (TPSA) is 47.0 Å². The van der Waals surface area contributed by atoms with Crippen LogP contribution in [0.15, 0.2) is 18.2 Å². The lowest BCUT2D eigenvalue weighted by Gasteiger charge is -2.09. The number of benzene rings is 1. The summed E-state index contributed by atoms with van der Waals surface area (Å²) in [5, 5.41) is 3.94. The molecule has 0 unspecified atom stereocenters. The van der Waals surface area contributed by atoms with Crippen molar-refractivity contribution < 1.29 is 4.74 Å². The zero-order valence-corrected chi connectivity index (χ0v) is 12.4. The second-order valence-corrected chi connectivity index (χ2v) is 4.94. The van der Waals surface area contributed by atoms with Gasteiger partial charge < -0.3 is 10.1 Å². The Kier molecular flexibility index (Phi) is 4.34. The molecule has 2 aromatic rings. The number of halogens is 3. The summed E-state index contributed by atoms with van der Waals surface area (Å²) < 4.78 is 5.60. The fourth-order valence-corrected chi connectivity index (χ4v) is 1.97. The highest BCUT2D eigenvalue weighted by molar-refractivity contribution is 6.43. The lowest BCUT2D eigenvalue weighted by atomic mass is 10.3. The largest absolute Gasteiger partial charge is 0.437 e. The number of aromatic nitrogens is 2. The lowest BCUT2D eigenvalue weighted by Crippen LogP contribution is -1.99. The first-order valence-electron chi connectivity index (χ1n) is 5.35. The maximum Gasteiger partial charge on any atom is 0.225 e. The summed E-state index contributed by atoms with van der Waals surface area (Å²) in [6, 6.07) is 4.76. The van der Waals surface area contributed by atoms with Crippen LogP contribution in [0.3, 0.4) is 0 Å². The number of hydrogen-bond acceptors (Lipinski definition) is 4. The van der Waals surface area contributed by atoms with E-state index in [0.717, 1.165) is 5.69 Å². The van der Waals surface area contributed by atoms with Gasteiger partial charge in [0.2, 0.25) is 11.8 Å². The Bertz CT molecular complexity index is 619.